The first kappa shape index (κ1) is 28.7. The van der Waals surface area contributed by atoms with Crippen molar-refractivity contribution in [3.8, 4) is 45.3 Å². The topological polar surface area (TPSA) is 65.0 Å². The molecule has 3 aromatic heterocycles. The highest BCUT2D eigenvalue weighted by molar-refractivity contribution is 6.14. The lowest BCUT2D eigenvalue weighted by Crippen LogP contribution is -2.00. The van der Waals surface area contributed by atoms with Crippen molar-refractivity contribution >= 4 is 65.4 Å². The standard InChI is InChI=1S/C47H27N3O2/c1-2-10-29(11-3-1)45-48-46(32-20-22-35-30(25-32)18-17-28-9-4-5-12-34(28)35)50-47(49-45)33-21-24-41-39(26-33)44-36(14-8-16-42(44)51-41)31-19-23-38-37-13-6-7-15-40(37)52-43(38)27-31/h1-27H. The first-order valence-corrected chi connectivity index (χ1v) is 17.3. The number of benzene rings is 8. The number of aromatic nitrogens is 3. The molecule has 0 aliphatic rings. The number of nitrogens with zero attached hydrogens (tertiary/aromatic N) is 3. The molecule has 5 nitrogen and oxygen atoms in total. The van der Waals surface area contributed by atoms with Gasteiger partial charge in [0.1, 0.15) is 22.3 Å². The monoisotopic (exact) mass is 665 g/mol. The van der Waals surface area contributed by atoms with Crippen LogP contribution in [0.3, 0.4) is 0 Å². The van der Waals surface area contributed by atoms with E-state index >= 15 is 0 Å². The van der Waals surface area contributed by atoms with Gasteiger partial charge in [0.15, 0.2) is 17.5 Å². The minimum Gasteiger partial charge on any atom is -0.456 e. The van der Waals surface area contributed by atoms with Crippen LogP contribution in [0.1, 0.15) is 0 Å². The van der Waals surface area contributed by atoms with Gasteiger partial charge in [0.25, 0.3) is 0 Å². The summed E-state index contributed by atoms with van der Waals surface area (Å²) in [6.45, 7) is 0. The van der Waals surface area contributed by atoms with Crippen LogP contribution in [0.25, 0.3) is 111 Å². The molecule has 52 heavy (non-hydrogen) atoms. The lowest BCUT2D eigenvalue weighted by atomic mass is 9.97. The predicted molar refractivity (Wildman–Crippen MR) is 211 cm³/mol. The Morgan fingerprint density at radius 1 is 0.308 bits per heavy atom. The number of rotatable bonds is 4. The van der Waals surface area contributed by atoms with E-state index in [4.69, 9.17) is 23.8 Å². The molecule has 5 heteroatoms. The molecule has 11 aromatic rings. The van der Waals surface area contributed by atoms with E-state index in [-0.39, 0.29) is 0 Å². The summed E-state index contributed by atoms with van der Waals surface area (Å²) in [5, 5.41) is 9.03. The zero-order valence-corrected chi connectivity index (χ0v) is 27.7. The van der Waals surface area contributed by atoms with E-state index in [0.29, 0.717) is 17.5 Å². The molecule has 0 amide bonds. The van der Waals surface area contributed by atoms with Gasteiger partial charge in [-0.15, -0.1) is 0 Å². The summed E-state index contributed by atoms with van der Waals surface area (Å²) in [6.07, 6.45) is 0. The maximum Gasteiger partial charge on any atom is 0.164 e. The average molecular weight is 666 g/mol. The Bertz CT molecular complexity index is 3190. The summed E-state index contributed by atoms with van der Waals surface area (Å²) in [5.41, 5.74) is 8.23. The summed E-state index contributed by atoms with van der Waals surface area (Å²) >= 11 is 0. The normalized spacial score (nSPS) is 11.8. The van der Waals surface area contributed by atoms with Crippen molar-refractivity contribution in [3.05, 3.63) is 164 Å². The first-order chi connectivity index (χ1) is 25.7. The SMILES string of the molecule is c1ccc(-c2nc(-c3ccc4c(ccc5ccccc54)c3)nc(-c3ccc4oc5cccc(-c6ccc7c(c6)oc6ccccc67)c5c4c3)n2)cc1. The van der Waals surface area contributed by atoms with Crippen LogP contribution in [0, 0.1) is 0 Å². The van der Waals surface area contributed by atoms with Crippen LogP contribution < -0.4 is 0 Å². The molecule has 0 spiro atoms. The van der Waals surface area contributed by atoms with Crippen molar-refractivity contribution in [1.82, 2.24) is 15.0 Å². The van der Waals surface area contributed by atoms with Gasteiger partial charge in [0.2, 0.25) is 0 Å². The van der Waals surface area contributed by atoms with Gasteiger partial charge in [0, 0.05) is 38.2 Å². The lowest BCUT2D eigenvalue weighted by molar-refractivity contribution is 0.668. The van der Waals surface area contributed by atoms with Crippen LogP contribution in [-0.4, -0.2) is 15.0 Å². The number of fused-ring (bicyclic) bond motifs is 9. The molecule has 3 heterocycles. The minimum absolute atomic E-state index is 0.597. The molecule has 0 N–H and O–H groups in total. The van der Waals surface area contributed by atoms with Crippen LogP contribution in [0.15, 0.2) is 173 Å². The third kappa shape index (κ3) is 4.53. The summed E-state index contributed by atoms with van der Waals surface area (Å²) in [5.74, 6) is 1.84. The quantitative estimate of drug-likeness (QED) is 0.175. The minimum atomic E-state index is 0.597. The van der Waals surface area contributed by atoms with Gasteiger partial charge in [-0.3, -0.25) is 0 Å². The molecule has 0 saturated carbocycles. The largest absolute Gasteiger partial charge is 0.456 e. The maximum absolute atomic E-state index is 6.42. The van der Waals surface area contributed by atoms with E-state index in [0.717, 1.165) is 77.1 Å². The molecule has 0 radical (unpaired) electrons. The van der Waals surface area contributed by atoms with E-state index in [1.165, 1.54) is 16.2 Å². The van der Waals surface area contributed by atoms with Gasteiger partial charge >= 0.3 is 0 Å². The van der Waals surface area contributed by atoms with E-state index in [1.54, 1.807) is 0 Å². The Kier molecular flexibility index (Phi) is 6.18. The average Bonchev–Trinajstić information content (AvgIpc) is 3.78. The Morgan fingerprint density at radius 2 is 0.904 bits per heavy atom. The smallest absolute Gasteiger partial charge is 0.164 e. The van der Waals surface area contributed by atoms with Crippen LogP contribution in [-0.2, 0) is 0 Å². The molecule has 8 aromatic carbocycles. The molecule has 242 valence electrons. The Balaban J connectivity index is 1.08. The fraction of sp³-hybridized carbons (Fsp3) is 0. The van der Waals surface area contributed by atoms with Crippen molar-refractivity contribution in [3.63, 3.8) is 0 Å². The van der Waals surface area contributed by atoms with Crippen molar-refractivity contribution in [2.45, 2.75) is 0 Å². The molecular weight excluding hydrogens is 639 g/mol. The van der Waals surface area contributed by atoms with Crippen LogP contribution in [0.4, 0.5) is 0 Å². The second-order valence-electron chi connectivity index (χ2n) is 13.2. The van der Waals surface area contributed by atoms with E-state index in [1.807, 2.05) is 72.8 Å². The van der Waals surface area contributed by atoms with Crippen molar-refractivity contribution in [1.29, 1.82) is 0 Å². The van der Waals surface area contributed by atoms with Gasteiger partial charge < -0.3 is 8.83 Å². The zero-order valence-electron chi connectivity index (χ0n) is 27.7. The summed E-state index contributed by atoms with van der Waals surface area (Å²) in [4.78, 5) is 15.2. The molecular formula is C47H27N3O2. The molecule has 0 unspecified atom stereocenters. The van der Waals surface area contributed by atoms with Gasteiger partial charge in [-0.05, 0) is 81.2 Å². The maximum atomic E-state index is 6.42. The summed E-state index contributed by atoms with van der Waals surface area (Å²) < 4.78 is 12.7. The van der Waals surface area contributed by atoms with Crippen LogP contribution >= 0.6 is 0 Å². The van der Waals surface area contributed by atoms with Gasteiger partial charge in [-0.25, -0.2) is 15.0 Å². The Hall–Kier alpha value is -7.11. The second-order valence-corrected chi connectivity index (χ2v) is 13.2. The van der Waals surface area contributed by atoms with Crippen LogP contribution in [0.2, 0.25) is 0 Å². The van der Waals surface area contributed by atoms with E-state index in [9.17, 15) is 0 Å². The Labute approximate surface area is 297 Å². The molecule has 0 fully saturated rings. The number of hydrogen-bond acceptors (Lipinski definition) is 5. The molecule has 0 saturated heterocycles. The molecule has 0 aliphatic carbocycles. The highest BCUT2D eigenvalue weighted by Gasteiger charge is 2.18. The van der Waals surface area contributed by atoms with Gasteiger partial charge in [-0.2, -0.15) is 0 Å². The third-order valence-corrected chi connectivity index (χ3v) is 10.1. The fourth-order valence-corrected chi connectivity index (χ4v) is 7.60. The van der Waals surface area contributed by atoms with E-state index < -0.39 is 0 Å². The number of hydrogen-bond donors (Lipinski definition) is 0. The predicted octanol–water partition coefficient (Wildman–Crippen LogP) is 12.6. The molecule has 11 rings (SSSR count). The van der Waals surface area contributed by atoms with Crippen LogP contribution in [0.5, 0.6) is 0 Å². The van der Waals surface area contributed by atoms with Gasteiger partial charge in [-0.1, -0.05) is 115 Å². The summed E-state index contributed by atoms with van der Waals surface area (Å²) in [7, 11) is 0. The molecule has 0 bridgehead atoms. The highest BCUT2D eigenvalue weighted by atomic mass is 16.3. The lowest BCUT2D eigenvalue weighted by Gasteiger charge is -2.10. The first-order valence-electron chi connectivity index (χ1n) is 17.3. The number of furan rings is 2. The molecule has 0 aliphatic heterocycles. The highest BCUT2D eigenvalue weighted by Crippen LogP contribution is 2.40. The molecule has 0 atom stereocenters. The van der Waals surface area contributed by atoms with E-state index in [2.05, 4.69) is 91.0 Å². The second kappa shape index (κ2) is 11.2. The summed E-state index contributed by atoms with van der Waals surface area (Å²) in [6, 6.07) is 56.4. The van der Waals surface area contributed by atoms with Crippen molar-refractivity contribution in [2.24, 2.45) is 0 Å². The zero-order chi connectivity index (χ0) is 34.2. The van der Waals surface area contributed by atoms with Gasteiger partial charge in [0.05, 0.1) is 0 Å². The van der Waals surface area contributed by atoms with Crippen molar-refractivity contribution in [2.75, 3.05) is 0 Å². The van der Waals surface area contributed by atoms with Crippen molar-refractivity contribution < 1.29 is 8.83 Å². The Morgan fingerprint density at radius 3 is 1.79 bits per heavy atom. The third-order valence-electron chi connectivity index (χ3n) is 10.1. The fourth-order valence-electron chi connectivity index (χ4n) is 7.60. The number of para-hydroxylation sites is 1.